The summed E-state index contributed by atoms with van der Waals surface area (Å²) in [6.45, 7) is 6.56. The Labute approximate surface area is 296 Å². The van der Waals surface area contributed by atoms with E-state index >= 15 is 0 Å². The molecule has 0 saturated heterocycles. The Morgan fingerprint density at radius 1 is 0.435 bits per heavy atom. The van der Waals surface area contributed by atoms with Crippen LogP contribution in [-0.4, -0.2) is 29.8 Å². The molecule has 0 N–H and O–H groups in total. The van der Waals surface area contributed by atoms with Gasteiger partial charge in [-0.3, -0.25) is 0 Å². The van der Waals surface area contributed by atoms with Gasteiger partial charge in [-0.25, -0.2) is 0 Å². The molecule has 0 aliphatic heterocycles. The molecule has 5 saturated carbocycles. The van der Waals surface area contributed by atoms with Crippen LogP contribution in [0, 0.1) is 34.5 Å². The van der Waals surface area contributed by atoms with Gasteiger partial charge in [0, 0.05) is 24.0 Å². The van der Waals surface area contributed by atoms with E-state index in [-0.39, 0.29) is 10.8 Å². The molecule has 0 radical (unpaired) electrons. The van der Waals surface area contributed by atoms with Crippen molar-refractivity contribution in [3.8, 4) is 0 Å². The molecular weight excluding hydrogens is 607 g/mol. The minimum absolute atomic E-state index is 0.197. The Hall–Kier alpha value is 0.500. The van der Waals surface area contributed by atoms with E-state index in [1.54, 1.807) is 0 Å². The van der Waals surface area contributed by atoms with Crippen LogP contribution < -0.4 is 0 Å². The van der Waals surface area contributed by atoms with Gasteiger partial charge in [0.25, 0.3) is 0 Å². The predicted octanol–water partition coefficient (Wildman–Crippen LogP) is 13.8. The summed E-state index contributed by atoms with van der Waals surface area (Å²) >= 11 is 15.0. The lowest BCUT2D eigenvalue weighted by Gasteiger charge is -2.69. The molecule has 0 bridgehead atoms. The Kier molecular flexibility index (Phi) is 15.3. The first-order valence-corrected chi connectivity index (χ1v) is 21.8. The molecule has 0 amide bonds. The topological polar surface area (TPSA) is 18.5 Å². The van der Waals surface area contributed by atoms with E-state index in [2.05, 4.69) is 13.8 Å². The summed E-state index contributed by atoms with van der Waals surface area (Å²) in [6.07, 6.45) is 39.8. The smallest absolute Gasteiger partial charge is 0.129 e. The van der Waals surface area contributed by atoms with Crippen molar-refractivity contribution in [2.75, 3.05) is 13.2 Å². The largest absolute Gasteiger partial charge is 0.378 e. The summed E-state index contributed by atoms with van der Waals surface area (Å²) in [5.41, 5.74) is 0.393. The normalized spacial score (nSPS) is 37.8. The van der Waals surface area contributed by atoms with Gasteiger partial charge in [-0.05, 0) is 146 Å². The fraction of sp³-hybridized carbons (Fsp3) is 1.00. The molecule has 4 heteroatoms. The lowest BCUT2D eigenvalue weighted by atomic mass is 9.42. The Balaban J connectivity index is 0.947. The zero-order valence-electron chi connectivity index (χ0n) is 30.5. The van der Waals surface area contributed by atoms with Crippen molar-refractivity contribution in [1.29, 1.82) is 0 Å². The third-order valence-electron chi connectivity index (χ3n) is 14.5. The molecule has 5 aliphatic rings. The van der Waals surface area contributed by atoms with Gasteiger partial charge in [0.1, 0.15) is 4.33 Å². The van der Waals surface area contributed by atoms with E-state index in [1.807, 2.05) is 0 Å². The summed E-state index contributed by atoms with van der Waals surface area (Å²) in [6, 6.07) is 0. The highest BCUT2D eigenvalue weighted by molar-refractivity contribution is 6.50. The van der Waals surface area contributed by atoms with E-state index in [0.29, 0.717) is 12.2 Å². The van der Waals surface area contributed by atoms with Crippen LogP contribution in [0.2, 0.25) is 0 Å². The van der Waals surface area contributed by atoms with Crippen molar-refractivity contribution in [3.05, 3.63) is 0 Å². The van der Waals surface area contributed by atoms with Gasteiger partial charge in [0.15, 0.2) is 0 Å². The lowest BCUT2D eigenvalue weighted by molar-refractivity contribution is -0.123. The molecule has 0 heterocycles. The molecule has 0 aromatic rings. The van der Waals surface area contributed by atoms with Crippen LogP contribution in [0.15, 0.2) is 0 Å². The summed E-state index contributed by atoms with van der Waals surface area (Å²) in [4.78, 5) is 0. The summed E-state index contributed by atoms with van der Waals surface area (Å²) in [5.74, 6) is 3.61. The van der Waals surface area contributed by atoms with Crippen LogP contribution in [0.4, 0.5) is 0 Å². The van der Waals surface area contributed by atoms with Crippen molar-refractivity contribution in [3.63, 3.8) is 0 Å². The quantitative estimate of drug-likeness (QED) is 0.106. The van der Waals surface area contributed by atoms with E-state index in [4.69, 9.17) is 32.7 Å². The summed E-state index contributed by atoms with van der Waals surface area (Å²) < 4.78 is 12.1. The monoisotopic (exact) mass is 681 g/mol. The molecule has 0 unspecified atom stereocenters. The minimum atomic E-state index is -0.500. The Bertz CT molecular complexity index is 761. The second-order valence-electron chi connectivity index (χ2n) is 17.3. The molecule has 2 nitrogen and oxygen atoms in total. The van der Waals surface area contributed by atoms with E-state index < -0.39 is 4.33 Å². The van der Waals surface area contributed by atoms with E-state index in [9.17, 15) is 0 Å². The van der Waals surface area contributed by atoms with Gasteiger partial charge in [0.05, 0.1) is 12.2 Å². The van der Waals surface area contributed by atoms with E-state index in [0.717, 1.165) is 36.9 Å². The fourth-order valence-electron chi connectivity index (χ4n) is 11.4. The average molecular weight is 682 g/mol. The molecule has 2 spiro atoms. The average Bonchev–Trinajstić information content (AvgIpc) is 3.09. The maximum atomic E-state index is 7.50. The van der Waals surface area contributed by atoms with Crippen LogP contribution >= 0.6 is 23.2 Å². The van der Waals surface area contributed by atoms with Crippen LogP contribution in [-0.2, 0) is 9.47 Å². The minimum Gasteiger partial charge on any atom is -0.378 e. The number of halogens is 2. The zero-order chi connectivity index (χ0) is 32.3. The number of hydrogen-bond donors (Lipinski definition) is 0. The van der Waals surface area contributed by atoms with Gasteiger partial charge in [0.2, 0.25) is 0 Å². The molecule has 0 aromatic carbocycles. The predicted molar refractivity (Wildman–Crippen MR) is 198 cm³/mol. The first-order valence-electron chi connectivity index (χ1n) is 21.0. The van der Waals surface area contributed by atoms with Crippen molar-refractivity contribution < 1.29 is 9.47 Å². The van der Waals surface area contributed by atoms with Crippen molar-refractivity contribution in [2.45, 2.75) is 217 Å². The maximum absolute atomic E-state index is 7.50. The highest BCUT2D eigenvalue weighted by atomic mass is 35.5. The highest BCUT2D eigenvalue weighted by Gasteiger charge is 2.72. The van der Waals surface area contributed by atoms with Crippen molar-refractivity contribution in [1.82, 2.24) is 0 Å². The first kappa shape index (κ1) is 37.7. The number of rotatable bonds is 18. The second-order valence-corrected chi connectivity index (χ2v) is 18.7. The van der Waals surface area contributed by atoms with Crippen LogP contribution in [0.1, 0.15) is 200 Å². The van der Waals surface area contributed by atoms with E-state index in [1.165, 1.54) is 186 Å². The summed E-state index contributed by atoms with van der Waals surface area (Å²) in [7, 11) is 0. The third kappa shape index (κ3) is 9.43. The van der Waals surface area contributed by atoms with Gasteiger partial charge >= 0.3 is 0 Å². The molecule has 0 aromatic heterocycles. The standard InChI is InChI=1S/C42H74Cl2O2/c1-3-5-7-9-11-13-31-45-38-19-15-34(16-20-38)36-23-27-40(28-24-36)33-41(42(40,43)44)29-25-37(26-30-41)35-17-21-39(22-18-35)46-32-14-12-10-8-6-4-2/h34-39H,3-33H2,1-2H3/t34?,35?,36-,37?,38?,39?,40-,41-. The van der Waals surface area contributed by atoms with Gasteiger partial charge in [-0.2, -0.15) is 0 Å². The third-order valence-corrected chi connectivity index (χ3v) is 16.1. The second kappa shape index (κ2) is 18.7. The van der Waals surface area contributed by atoms with Crippen molar-refractivity contribution in [2.24, 2.45) is 34.5 Å². The molecular formula is C42H74Cl2O2. The highest BCUT2D eigenvalue weighted by Crippen LogP contribution is 2.77. The van der Waals surface area contributed by atoms with Gasteiger partial charge in [-0.1, -0.05) is 78.1 Å². The number of hydrogen-bond acceptors (Lipinski definition) is 2. The fourth-order valence-corrected chi connectivity index (χ4v) is 12.4. The first-order chi connectivity index (χ1) is 22.4. The van der Waals surface area contributed by atoms with Crippen LogP contribution in [0.3, 0.4) is 0 Å². The van der Waals surface area contributed by atoms with Gasteiger partial charge in [-0.15, -0.1) is 23.2 Å². The lowest BCUT2D eigenvalue weighted by Crippen LogP contribution is -2.66. The zero-order valence-corrected chi connectivity index (χ0v) is 32.0. The molecule has 5 fully saturated rings. The maximum Gasteiger partial charge on any atom is 0.129 e. The Morgan fingerprint density at radius 2 is 0.761 bits per heavy atom. The van der Waals surface area contributed by atoms with Crippen LogP contribution in [0.5, 0.6) is 0 Å². The number of ether oxygens (including phenoxy) is 2. The van der Waals surface area contributed by atoms with Crippen molar-refractivity contribution >= 4 is 23.2 Å². The summed E-state index contributed by atoms with van der Waals surface area (Å²) in [5, 5.41) is 0. The SMILES string of the molecule is CCCCCCCCOC1CCC(C2CC[C@]3(CC2)C[C@@]2(CC[C@H](C4CCC(OCCCCCCCC)CC4)CC2)C3(Cl)Cl)CC1. The molecule has 5 aliphatic carbocycles. The molecule has 0 atom stereocenters. The number of alkyl halides is 2. The molecule has 268 valence electrons. The Morgan fingerprint density at radius 3 is 1.11 bits per heavy atom. The van der Waals surface area contributed by atoms with Gasteiger partial charge < -0.3 is 9.47 Å². The van der Waals surface area contributed by atoms with Crippen LogP contribution in [0.25, 0.3) is 0 Å². The molecule has 5 rings (SSSR count). The number of unbranched alkanes of at least 4 members (excludes halogenated alkanes) is 10. The molecule has 46 heavy (non-hydrogen) atoms.